The number of nitro benzene ring substituents is 1. The molecule has 2 N–H and O–H groups in total. The quantitative estimate of drug-likeness (QED) is 0.207. The standard InChI is InChI=1S/C19H15ClN6O5S2/c1-31-14-5-2-12(3-6-14)24-33(29,30)17-10-13(26(27)28)4-7-15(17)23-21-11-16-18(20)22-19-25(16)8-9-32-19/h2-11,23-24H,1H3/b21-11-. The van der Waals surface area contributed by atoms with Crippen LogP contribution in [0.15, 0.2) is 64.0 Å². The second kappa shape index (κ2) is 9.05. The largest absolute Gasteiger partial charge is 0.497 e. The zero-order chi connectivity index (χ0) is 23.6. The molecule has 2 heterocycles. The molecule has 14 heteroatoms. The van der Waals surface area contributed by atoms with Crippen LogP contribution in [0.4, 0.5) is 17.1 Å². The highest BCUT2D eigenvalue weighted by Crippen LogP contribution is 2.29. The van der Waals surface area contributed by atoms with Gasteiger partial charge in [0.2, 0.25) is 0 Å². The third kappa shape index (κ3) is 4.74. The number of thiazole rings is 1. The van der Waals surface area contributed by atoms with Crippen molar-refractivity contribution in [3.63, 3.8) is 0 Å². The molecule has 0 saturated heterocycles. The predicted octanol–water partition coefficient (Wildman–Crippen LogP) is 4.21. The van der Waals surface area contributed by atoms with Gasteiger partial charge in [0, 0.05) is 29.4 Å². The Morgan fingerprint density at radius 3 is 2.73 bits per heavy atom. The molecule has 0 aliphatic heterocycles. The summed E-state index contributed by atoms with van der Waals surface area (Å²) >= 11 is 7.52. The average molecular weight is 507 g/mol. The van der Waals surface area contributed by atoms with E-state index in [-0.39, 0.29) is 21.4 Å². The van der Waals surface area contributed by atoms with Gasteiger partial charge in [0.1, 0.15) is 16.3 Å². The van der Waals surface area contributed by atoms with Crippen LogP contribution >= 0.6 is 22.9 Å². The Bertz CT molecular complexity index is 1460. The molecule has 2 aromatic carbocycles. The minimum absolute atomic E-state index is 0.0278. The summed E-state index contributed by atoms with van der Waals surface area (Å²) in [5.41, 5.74) is 3.00. The van der Waals surface area contributed by atoms with Crippen molar-refractivity contribution in [2.75, 3.05) is 17.3 Å². The van der Waals surface area contributed by atoms with Crippen LogP contribution in [0.2, 0.25) is 5.15 Å². The summed E-state index contributed by atoms with van der Waals surface area (Å²) in [6, 6.07) is 9.56. The molecular weight excluding hydrogens is 492 g/mol. The molecule has 0 bridgehead atoms. The maximum absolute atomic E-state index is 13.0. The molecule has 0 radical (unpaired) electrons. The number of imidazole rings is 1. The molecule has 170 valence electrons. The monoisotopic (exact) mass is 506 g/mol. The molecule has 0 atom stereocenters. The number of anilines is 2. The van der Waals surface area contributed by atoms with E-state index < -0.39 is 20.6 Å². The Balaban J connectivity index is 1.66. The number of ether oxygens (including phenoxy) is 1. The third-order valence-corrected chi connectivity index (χ3v) is 6.89. The summed E-state index contributed by atoms with van der Waals surface area (Å²) < 4.78 is 35.3. The number of methoxy groups -OCH3 is 1. The number of nitrogens with zero attached hydrogens (tertiary/aromatic N) is 4. The number of fused-ring (bicyclic) bond motifs is 1. The predicted molar refractivity (Wildman–Crippen MR) is 126 cm³/mol. The van der Waals surface area contributed by atoms with Crippen molar-refractivity contribution in [1.29, 1.82) is 0 Å². The fraction of sp³-hybridized carbons (Fsp3) is 0.0526. The number of benzene rings is 2. The molecule has 0 saturated carbocycles. The summed E-state index contributed by atoms with van der Waals surface area (Å²) in [6.45, 7) is 0. The Kier molecular flexibility index (Phi) is 6.18. The first kappa shape index (κ1) is 22.5. The highest BCUT2D eigenvalue weighted by molar-refractivity contribution is 7.92. The zero-order valence-electron chi connectivity index (χ0n) is 16.8. The Labute approximate surface area is 196 Å². The van der Waals surface area contributed by atoms with Crippen LogP contribution in [0.5, 0.6) is 5.75 Å². The summed E-state index contributed by atoms with van der Waals surface area (Å²) in [5.74, 6) is 0.545. The topological polar surface area (TPSA) is 140 Å². The van der Waals surface area contributed by atoms with E-state index in [2.05, 4.69) is 20.2 Å². The summed E-state index contributed by atoms with van der Waals surface area (Å²) in [6.07, 6.45) is 3.14. The molecule has 0 unspecified atom stereocenters. The first-order valence-corrected chi connectivity index (χ1v) is 11.9. The number of hydrazone groups is 1. The van der Waals surface area contributed by atoms with Gasteiger partial charge < -0.3 is 4.74 Å². The molecule has 0 aliphatic carbocycles. The van der Waals surface area contributed by atoms with Crippen molar-refractivity contribution in [3.05, 3.63) is 75.0 Å². The highest BCUT2D eigenvalue weighted by atomic mass is 35.5. The van der Waals surface area contributed by atoms with Gasteiger partial charge in [0.15, 0.2) is 10.1 Å². The van der Waals surface area contributed by atoms with Gasteiger partial charge in [-0.05, 0) is 30.3 Å². The Morgan fingerprint density at radius 1 is 1.27 bits per heavy atom. The number of hydrogen-bond donors (Lipinski definition) is 2. The van der Waals surface area contributed by atoms with Crippen molar-refractivity contribution in [2.24, 2.45) is 5.10 Å². The van der Waals surface area contributed by atoms with Gasteiger partial charge in [-0.3, -0.25) is 24.7 Å². The second-order valence-electron chi connectivity index (χ2n) is 6.49. The van der Waals surface area contributed by atoms with Crippen LogP contribution in [-0.2, 0) is 10.0 Å². The molecule has 11 nitrogen and oxygen atoms in total. The molecule has 4 aromatic rings. The van der Waals surface area contributed by atoms with Gasteiger partial charge in [-0.15, -0.1) is 11.3 Å². The maximum Gasteiger partial charge on any atom is 0.270 e. The molecule has 0 amide bonds. The van der Waals surface area contributed by atoms with E-state index >= 15 is 0 Å². The number of halogens is 1. The minimum Gasteiger partial charge on any atom is -0.497 e. The van der Waals surface area contributed by atoms with E-state index in [0.29, 0.717) is 16.4 Å². The van der Waals surface area contributed by atoms with E-state index in [1.165, 1.54) is 48.9 Å². The molecule has 4 rings (SSSR count). The lowest BCUT2D eigenvalue weighted by atomic mass is 10.3. The van der Waals surface area contributed by atoms with Crippen LogP contribution in [0.1, 0.15) is 5.69 Å². The van der Waals surface area contributed by atoms with Crippen molar-refractivity contribution < 1.29 is 18.1 Å². The first-order chi connectivity index (χ1) is 15.8. The van der Waals surface area contributed by atoms with Crippen molar-refractivity contribution in [3.8, 4) is 5.75 Å². The number of rotatable bonds is 8. The average Bonchev–Trinajstić information content (AvgIpc) is 3.35. The number of non-ortho nitro benzene ring substituents is 1. The van der Waals surface area contributed by atoms with Gasteiger partial charge in [0.05, 0.1) is 23.9 Å². The lowest BCUT2D eigenvalue weighted by Crippen LogP contribution is -2.15. The van der Waals surface area contributed by atoms with Crippen molar-refractivity contribution in [2.45, 2.75) is 4.90 Å². The van der Waals surface area contributed by atoms with Gasteiger partial charge in [0.25, 0.3) is 15.7 Å². The fourth-order valence-electron chi connectivity index (χ4n) is 2.86. The number of hydrogen-bond acceptors (Lipinski definition) is 9. The molecule has 2 aromatic heterocycles. The SMILES string of the molecule is COc1ccc(NS(=O)(=O)c2cc([N+](=O)[O-])ccc2N/N=C\c2c(Cl)nc3sccn23)cc1. The molecule has 33 heavy (non-hydrogen) atoms. The van der Waals surface area contributed by atoms with Crippen molar-refractivity contribution >= 4 is 61.2 Å². The van der Waals surface area contributed by atoms with Crippen LogP contribution < -0.4 is 14.9 Å². The van der Waals surface area contributed by atoms with Gasteiger partial charge >= 0.3 is 0 Å². The van der Waals surface area contributed by atoms with Crippen LogP contribution in [0.25, 0.3) is 4.96 Å². The first-order valence-electron chi connectivity index (χ1n) is 9.14. The summed E-state index contributed by atoms with van der Waals surface area (Å²) in [4.78, 5) is 15.0. The van der Waals surface area contributed by atoms with Crippen LogP contribution in [0, 0.1) is 10.1 Å². The lowest BCUT2D eigenvalue weighted by Gasteiger charge is -2.12. The number of nitrogens with one attached hydrogen (secondary N) is 2. The summed E-state index contributed by atoms with van der Waals surface area (Å²) in [5, 5.41) is 17.3. The van der Waals surface area contributed by atoms with E-state index in [4.69, 9.17) is 16.3 Å². The maximum atomic E-state index is 13.0. The van der Waals surface area contributed by atoms with Crippen molar-refractivity contribution in [1.82, 2.24) is 9.38 Å². The highest BCUT2D eigenvalue weighted by Gasteiger charge is 2.23. The Morgan fingerprint density at radius 2 is 2.03 bits per heavy atom. The van der Waals surface area contributed by atoms with E-state index in [0.717, 1.165) is 6.07 Å². The fourth-order valence-corrected chi connectivity index (χ4v) is 5.09. The van der Waals surface area contributed by atoms with E-state index in [1.54, 1.807) is 22.7 Å². The van der Waals surface area contributed by atoms with Crippen LogP contribution in [0.3, 0.4) is 0 Å². The van der Waals surface area contributed by atoms with E-state index in [1.807, 2.05) is 5.38 Å². The molecule has 0 spiro atoms. The zero-order valence-corrected chi connectivity index (χ0v) is 19.2. The summed E-state index contributed by atoms with van der Waals surface area (Å²) in [7, 11) is -2.72. The molecular formula is C19H15ClN6O5S2. The Hall–Kier alpha value is -3.68. The minimum atomic E-state index is -4.21. The van der Waals surface area contributed by atoms with Gasteiger partial charge in [-0.1, -0.05) is 11.6 Å². The number of aromatic nitrogens is 2. The van der Waals surface area contributed by atoms with E-state index in [9.17, 15) is 18.5 Å². The molecule has 0 fully saturated rings. The smallest absolute Gasteiger partial charge is 0.270 e. The normalized spacial score (nSPS) is 11.7. The molecule has 0 aliphatic rings. The van der Waals surface area contributed by atoms with Gasteiger partial charge in [-0.2, -0.15) is 5.10 Å². The third-order valence-electron chi connectivity index (χ3n) is 4.43. The van der Waals surface area contributed by atoms with Gasteiger partial charge in [-0.25, -0.2) is 13.4 Å². The lowest BCUT2D eigenvalue weighted by molar-refractivity contribution is -0.385. The number of sulfonamides is 1. The second-order valence-corrected chi connectivity index (χ2v) is 9.37. The number of nitro groups is 1. The van der Waals surface area contributed by atoms with Crippen LogP contribution in [-0.4, -0.2) is 36.1 Å².